The zero-order valence-electron chi connectivity index (χ0n) is 22.5. The van der Waals surface area contributed by atoms with Gasteiger partial charge in [-0.1, -0.05) is 54.8 Å². The number of anilines is 2. The van der Waals surface area contributed by atoms with Crippen molar-refractivity contribution in [3.05, 3.63) is 63.5 Å². The lowest BCUT2D eigenvalue weighted by Crippen LogP contribution is -2.16. The van der Waals surface area contributed by atoms with Crippen LogP contribution in [0, 0.1) is 5.92 Å². The van der Waals surface area contributed by atoms with E-state index < -0.39 is 11.9 Å². The van der Waals surface area contributed by atoms with Gasteiger partial charge in [0.25, 0.3) is 0 Å². The van der Waals surface area contributed by atoms with Gasteiger partial charge in [-0.25, -0.2) is 4.98 Å². The largest absolute Gasteiger partial charge is 0.481 e. The van der Waals surface area contributed by atoms with Gasteiger partial charge in [-0.15, -0.1) is 11.3 Å². The van der Waals surface area contributed by atoms with Crippen LogP contribution in [0.2, 0.25) is 5.02 Å². The molecule has 3 aromatic rings. The fraction of sp³-hybridized carbons (Fsp3) is 0.433. The van der Waals surface area contributed by atoms with Crippen molar-refractivity contribution in [3.8, 4) is 11.3 Å². The molecule has 5 rings (SSSR count). The van der Waals surface area contributed by atoms with Crippen LogP contribution >= 0.6 is 22.9 Å². The van der Waals surface area contributed by atoms with E-state index in [1.54, 1.807) is 11.3 Å². The molecule has 0 amide bonds. The number of carboxylic acids is 2. The van der Waals surface area contributed by atoms with E-state index in [1.165, 1.54) is 42.4 Å². The summed E-state index contributed by atoms with van der Waals surface area (Å²) in [5.74, 6) is -1.33. The van der Waals surface area contributed by atoms with Crippen molar-refractivity contribution < 1.29 is 19.8 Å². The summed E-state index contributed by atoms with van der Waals surface area (Å²) in [5, 5.41) is 30.4. The van der Waals surface area contributed by atoms with Gasteiger partial charge in [0.1, 0.15) is 0 Å². The van der Waals surface area contributed by atoms with E-state index in [0.717, 1.165) is 72.0 Å². The maximum atomic E-state index is 9.64. The fourth-order valence-electron chi connectivity index (χ4n) is 5.07. The van der Waals surface area contributed by atoms with Crippen molar-refractivity contribution in [2.75, 3.05) is 30.3 Å². The topological polar surface area (TPSA) is 124 Å². The number of nitrogens with zero attached hydrogens (tertiary/aromatic N) is 1. The van der Waals surface area contributed by atoms with Crippen molar-refractivity contribution in [1.29, 1.82) is 0 Å². The van der Waals surface area contributed by atoms with E-state index in [0.29, 0.717) is 0 Å². The van der Waals surface area contributed by atoms with Crippen molar-refractivity contribution in [3.63, 3.8) is 0 Å². The molecule has 40 heavy (non-hydrogen) atoms. The number of benzene rings is 2. The molecule has 8 nitrogen and oxygen atoms in total. The first kappa shape index (κ1) is 29.8. The Hall–Kier alpha value is -3.14. The third kappa shape index (κ3) is 8.94. The normalized spacial score (nSPS) is 14.9. The van der Waals surface area contributed by atoms with Crippen LogP contribution in [-0.2, 0) is 29.0 Å². The van der Waals surface area contributed by atoms with Gasteiger partial charge in [0.15, 0.2) is 5.13 Å². The Labute approximate surface area is 244 Å². The molecule has 0 spiro atoms. The van der Waals surface area contributed by atoms with E-state index in [9.17, 15) is 9.59 Å². The van der Waals surface area contributed by atoms with Crippen LogP contribution in [0.25, 0.3) is 11.3 Å². The Morgan fingerprint density at radius 2 is 1.68 bits per heavy atom. The molecule has 0 unspecified atom stereocenters. The lowest BCUT2D eigenvalue weighted by Gasteiger charge is -2.16. The van der Waals surface area contributed by atoms with Crippen LogP contribution in [-0.4, -0.2) is 46.8 Å². The molecule has 0 saturated heterocycles. The lowest BCUT2D eigenvalue weighted by molar-refractivity contribution is -0.143. The average Bonchev–Trinajstić information content (AvgIpc) is 3.59. The Morgan fingerprint density at radius 3 is 2.38 bits per heavy atom. The first-order valence-corrected chi connectivity index (χ1v) is 15.1. The standard InChI is InChI=1S/C26H31ClN4S.C4H6O4/c27-23-10-9-20-11-13-28-14-12-22(20)25(23)29-15-19-5-7-21(8-6-19)24-17-32-26(31-24)30-16-18-3-1-2-4-18;5-3(6)1-2-4(7)8/h5-10,17-18,28-29H,1-4,11-16H2,(H,30,31);1-2H2,(H,5,6)(H,7,8). The van der Waals surface area contributed by atoms with Gasteiger partial charge in [-0.05, 0) is 67.4 Å². The average molecular weight is 585 g/mol. The highest BCUT2D eigenvalue weighted by Gasteiger charge is 2.16. The van der Waals surface area contributed by atoms with Crippen LogP contribution in [0.3, 0.4) is 0 Å². The molecule has 1 aromatic heterocycles. The lowest BCUT2D eigenvalue weighted by atomic mass is 10.0. The van der Waals surface area contributed by atoms with Crippen molar-refractivity contribution in [2.24, 2.45) is 5.92 Å². The van der Waals surface area contributed by atoms with Gasteiger partial charge < -0.3 is 26.2 Å². The molecule has 1 aliphatic carbocycles. The zero-order valence-corrected chi connectivity index (χ0v) is 24.1. The number of rotatable bonds is 10. The first-order valence-electron chi connectivity index (χ1n) is 13.9. The van der Waals surface area contributed by atoms with Crippen LogP contribution in [0.4, 0.5) is 10.8 Å². The maximum Gasteiger partial charge on any atom is 0.303 e. The van der Waals surface area contributed by atoms with Crippen LogP contribution in [0.15, 0.2) is 41.8 Å². The molecule has 0 radical (unpaired) electrons. The summed E-state index contributed by atoms with van der Waals surface area (Å²) in [6, 6.07) is 12.9. The molecule has 5 N–H and O–H groups in total. The van der Waals surface area contributed by atoms with Gasteiger partial charge in [0.05, 0.1) is 29.2 Å². The highest BCUT2D eigenvalue weighted by molar-refractivity contribution is 7.14. The van der Waals surface area contributed by atoms with E-state index in [2.05, 4.69) is 51.7 Å². The summed E-state index contributed by atoms with van der Waals surface area (Å²) in [4.78, 5) is 24.1. The van der Waals surface area contributed by atoms with Gasteiger partial charge in [0.2, 0.25) is 0 Å². The Balaban J connectivity index is 0.000000406. The third-order valence-electron chi connectivity index (χ3n) is 7.27. The number of aromatic nitrogens is 1. The van der Waals surface area contributed by atoms with Crippen LogP contribution < -0.4 is 16.0 Å². The molecule has 2 heterocycles. The third-order valence-corrected chi connectivity index (χ3v) is 8.39. The molecule has 1 fully saturated rings. The predicted molar refractivity (Wildman–Crippen MR) is 162 cm³/mol. The second kappa shape index (κ2) is 15.0. The van der Waals surface area contributed by atoms with E-state index in [4.69, 9.17) is 26.8 Å². The van der Waals surface area contributed by atoms with Gasteiger partial charge in [0, 0.05) is 24.0 Å². The fourth-order valence-corrected chi connectivity index (χ4v) is 6.04. The van der Waals surface area contributed by atoms with Crippen molar-refractivity contribution in [1.82, 2.24) is 10.3 Å². The maximum absolute atomic E-state index is 9.64. The van der Waals surface area contributed by atoms with Crippen molar-refractivity contribution in [2.45, 2.75) is 57.9 Å². The second-order valence-corrected chi connectivity index (χ2v) is 11.5. The Bertz CT molecular complexity index is 1260. The molecule has 1 aliphatic heterocycles. The second-order valence-electron chi connectivity index (χ2n) is 10.2. The number of carbonyl (C=O) groups is 2. The summed E-state index contributed by atoms with van der Waals surface area (Å²) in [7, 11) is 0. The number of halogens is 1. The summed E-state index contributed by atoms with van der Waals surface area (Å²) >= 11 is 8.26. The van der Waals surface area contributed by atoms with Gasteiger partial charge >= 0.3 is 11.9 Å². The molecule has 1 saturated carbocycles. The van der Waals surface area contributed by atoms with Crippen molar-refractivity contribution >= 4 is 45.7 Å². The first-order chi connectivity index (χ1) is 19.4. The number of thiazole rings is 1. The van der Waals surface area contributed by atoms with Gasteiger partial charge in [-0.3, -0.25) is 9.59 Å². The molecule has 214 valence electrons. The summed E-state index contributed by atoms with van der Waals surface area (Å²) in [5.41, 5.74) is 7.31. The molecular weight excluding hydrogens is 548 g/mol. The van der Waals surface area contributed by atoms with Crippen LogP contribution in [0.5, 0.6) is 0 Å². The minimum Gasteiger partial charge on any atom is -0.481 e. The minimum atomic E-state index is -1.08. The van der Waals surface area contributed by atoms with E-state index in [-0.39, 0.29) is 12.8 Å². The SMILES string of the molecule is Clc1ccc2c(c1NCc1ccc(-c3csc(NCC4CCCC4)n3)cc1)CCNCC2.O=C(O)CCC(=O)O. The number of hydrogen-bond acceptors (Lipinski definition) is 7. The van der Waals surface area contributed by atoms with E-state index >= 15 is 0 Å². The molecular formula is C30H37ClN4O4S. The zero-order chi connectivity index (χ0) is 28.3. The minimum absolute atomic E-state index is 0.296. The highest BCUT2D eigenvalue weighted by Crippen LogP contribution is 2.32. The molecule has 2 aliphatic rings. The van der Waals surface area contributed by atoms with Crippen LogP contribution in [0.1, 0.15) is 55.2 Å². The molecule has 2 aromatic carbocycles. The number of hydrogen-bond donors (Lipinski definition) is 5. The number of nitrogens with one attached hydrogen (secondary N) is 3. The Morgan fingerprint density at radius 1 is 0.975 bits per heavy atom. The molecule has 0 atom stereocenters. The quantitative estimate of drug-likeness (QED) is 0.188. The smallest absolute Gasteiger partial charge is 0.303 e. The summed E-state index contributed by atoms with van der Waals surface area (Å²) in [6.45, 7) is 3.85. The number of aliphatic carboxylic acids is 2. The molecule has 10 heteroatoms. The Kier molecular flexibility index (Phi) is 11.2. The molecule has 0 bridgehead atoms. The number of fused-ring (bicyclic) bond motifs is 1. The highest BCUT2D eigenvalue weighted by atomic mass is 35.5. The summed E-state index contributed by atoms with van der Waals surface area (Å²) in [6.07, 6.45) is 6.95. The van der Waals surface area contributed by atoms with E-state index in [1.807, 2.05) is 6.07 Å². The summed E-state index contributed by atoms with van der Waals surface area (Å²) < 4.78 is 0. The predicted octanol–water partition coefficient (Wildman–Crippen LogP) is 6.30. The monoisotopic (exact) mass is 584 g/mol. The van der Waals surface area contributed by atoms with Gasteiger partial charge in [-0.2, -0.15) is 0 Å². The number of carboxylic acid groups (broad SMARTS) is 2.